The average Bonchev–Trinajstić information content (AvgIpc) is 2.12. The molecule has 1 nitrogen and oxygen atoms in total. The molecular weight excluding hydrogens is 158 g/mol. The Hall–Kier alpha value is -0.0400. The van der Waals surface area contributed by atoms with Gasteiger partial charge in [0.15, 0.2) is 0 Å². The van der Waals surface area contributed by atoms with Crippen molar-refractivity contribution < 1.29 is 0 Å². The van der Waals surface area contributed by atoms with Crippen LogP contribution in [0.5, 0.6) is 0 Å². The second-order valence-corrected chi connectivity index (χ2v) is 4.68. The first-order valence-electron chi connectivity index (χ1n) is 5.90. The number of hydrogen-bond acceptors (Lipinski definition) is 1. The summed E-state index contributed by atoms with van der Waals surface area (Å²) in [7, 11) is 0. The van der Waals surface area contributed by atoms with Gasteiger partial charge >= 0.3 is 0 Å². The molecule has 1 heteroatoms. The zero-order chi connectivity index (χ0) is 9.90. The van der Waals surface area contributed by atoms with Crippen molar-refractivity contribution in [2.24, 2.45) is 5.92 Å². The molecule has 0 N–H and O–H groups in total. The summed E-state index contributed by atoms with van der Waals surface area (Å²) in [5.74, 6) is 0.876. The van der Waals surface area contributed by atoms with Gasteiger partial charge in [-0.3, -0.25) is 4.90 Å². The first-order valence-corrected chi connectivity index (χ1v) is 5.90. The number of hydrogen-bond donors (Lipinski definition) is 0. The van der Waals surface area contributed by atoms with Gasteiger partial charge in [0.1, 0.15) is 0 Å². The van der Waals surface area contributed by atoms with Crippen molar-refractivity contribution in [1.29, 1.82) is 0 Å². The topological polar surface area (TPSA) is 3.24 Å². The summed E-state index contributed by atoms with van der Waals surface area (Å²) in [6.45, 7) is 11.9. The predicted molar refractivity (Wildman–Crippen MR) is 59.0 cm³/mol. The van der Waals surface area contributed by atoms with E-state index in [4.69, 9.17) is 0 Å². The molecule has 1 saturated carbocycles. The highest BCUT2D eigenvalue weighted by Crippen LogP contribution is 2.37. The lowest BCUT2D eigenvalue weighted by Gasteiger charge is -2.47. The number of rotatable bonds is 3. The molecule has 1 aliphatic rings. The van der Waals surface area contributed by atoms with E-state index in [0.717, 1.165) is 5.92 Å². The third-order valence-electron chi connectivity index (χ3n) is 4.12. The zero-order valence-corrected chi connectivity index (χ0v) is 9.77. The minimum absolute atomic E-state index is 0.488. The van der Waals surface area contributed by atoms with E-state index in [1.165, 1.54) is 38.8 Å². The fourth-order valence-electron chi connectivity index (χ4n) is 2.91. The Labute approximate surface area is 83.5 Å². The van der Waals surface area contributed by atoms with Gasteiger partial charge in [-0.25, -0.2) is 0 Å². The van der Waals surface area contributed by atoms with E-state index < -0.39 is 0 Å². The van der Waals surface area contributed by atoms with Crippen LogP contribution < -0.4 is 0 Å². The Morgan fingerprint density at radius 2 is 1.85 bits per heavy atom. The Balaban J connectivity index is 2.69. The van der Waals surface area contributed by atoms with Gasteiger partial charge in [0.05, 0.1) is 0 Å². The Morgan fingerprint density at radius 1 is 1.23 bits per heavy atom. The molecule has 0 amide bonds. The van der Waals surface area contributed by atoms with Gasteiger partial charge in [-0.05, 0) is 38.8 Å². The molecule has 0 bridgehead atoms. The molecule has 0 aromatic carbocycles. The summed E-state index contributed by atoms with van der Waals surface area (Å²) in [4.78, 5) is 2.65. The van der Waals surface area contributed by atoms with E-state index >= 15 is 0 Å². The van der Waals surface area contributed by atoms with E-state index in [-0.39, 0.29) is 0 Å². The first kappa shape index (κ1) is 11.0. The third kappa shape index (κ3) is 2.07. The standard InChI is InChI=1S/C12H25N/c1-5-13(6-2)12(4)10-8-7-9-11(12)3/h11H,5-10H2,1-4H3. The molecule has 2 atom stereocenters. The minimum atomic E-state index is 0.488. The monoisotopic (exact) mass is 183 g/mol. The second kappa shape index (κ2) is 4.45. The lowest BCUT2D eigenvalue weighted by molar-refractivity contribution is 0.0297. The highest BCUT2D eigenvalue weighted by Gasteiger charge is 2.37. The number of nitrogens with zero attached hydrogens (tertiary/aromatic N) is 1. The summed E-state index contributed by atoms with van der Waals surface area (Å²) in [5, 5.41) is 0. The van der Waals surface area contributed by atoms with Gasteiger partial charge in [-0.2, -0.15) is 0 Å². The molecule has 0 spiro atoms. The maximum absolute atomic E-state index is 2.65. The minimum Gasteiger partial charge on any atom is -0.298 e. The fraction of sp³-hybridized carbons (Fsp3) is 1.00. The van der Waals surface area contributed by atoms with E-state index in [0.29, 0.717) is 5.54 Å². The van der Waals surface area contributed by atoms with Crippen LogP contribution in [0, 0.1) is 5.92 Å². The maximum Gasteiger partial charge on any atom is 0.0206 e. The molecule has 1 aliphatic carbocycles. The summed E-state index contributed by atoms with van der Waals surface area (Å²) in [6.07, 6.45) is 5.69. The molecule has 0 saturated heterocycles. The summed E-state index contributed by atoms with van der Waals surface area (Å²) >= 11 is 0. The molecule has 0 heterocycles. The van der Waals surface area contributed by atoms with Crippen molar-refractivity contribution in [2.45, 2.75) is 58.9 Å². The molecule has 1 fully saturated rings. The Kier molecular flexibility index (Phi) is 3.78. The fourth-order valence-corrected chi connectivity index (χ4v) is 2.91. The normalized spacial score (nSPS) is 35.3. The van der Waals surface area contributed by atoms with Crippen LogP contribution in [0.25, 0.3) is 0 Å². The molecule has 0 radical (unpaired) electrons. The van der Waals surface area contributed by atoms with E-state index in [1.807, 2.05) is 0 Å². The van der Waals surface area contributed by atoms with Gasteiger partial charge in [0, 0.05) is 5.54 Å². The van der Waals surface area contributed by atoms with Crippen LogP contribution >= 0.6 is 0 Å². The van der Waals surface area contributed by atoms with Crippen molar-refractivity contribution in [1.82, 2.24) is 4.90 Å². The second-order valence-electron chi connectivity index (χ2n) is 4.68. The maximum atomic E-state index is 2.65. The third-order valence-corrected chi connectivity index (χ3v) is 4.12. The Morgan fingerprint density at radius 3 is 2.31 bits per heavy atom. The van der Waals surface area contributed by atoms with Gasteiger partial charge < -0.3 is 0 Å². The van der Waals surface area contributed by atoms with Crippen LogP contribution in [0.1, 0.15) is 53.4 Å². The summed E-state index contributed by atoms with van der Waals surface area (Å²) in [6, 6.07) is 0. The van der Waals surface area contributed by atoms with Crippen LogP contribution in [0.4, 0.5) is 0 Å². The highest BCUT2D eigenvalue weighted by molar-refractivity contribution is 4.92. The Bertz CT molecular complexity index is 151. The van der Waals surface area contributed by atoms with Crippen molar-refractivity contribution in [3.63, 3.8) is 0 Å². The summed E-state index contributed by atoms with van der Waals surface area (Å²) < 4.78 is 0. The van der Waals surface area contributed by atoms with Gasteiger partial charge in [-0.15, -0.1) is 0 Å². The highest BCUT2D eigenvalue weighted by atomic mass is 15.2. The quantitative estimate of drug-likeness (QED) is 0.649. The van der Waals surface area contributed by atoms with Crippen LogP contribution in [-0.2, 0) is 0 Å². The van der Waals surface area contributed by atoms with Crippen LogP contribution in [0.3, 0.4) is 0 Å². The average molecular weight is 183 g/mol. The van der Waals surface area contributed by atoms with Crippen molar-refractivity contribution >= 4 is 0 Å². The van der Waals surface area contributed by atoms with E-state index in [1.54, 1.807) is 0 Å². The molecule has 1 rings (SSSR count). The molecule has 2 unspecified atom stereocenters. The largest absolute Gasteiger partial charge is 0.298 e. The lowest BCUT2D eigenvalue weighted by atomic mass is 9.74. The van der Waals surface area contributed by atoms with Crippen LogP contribution in [-0.4, -0.2) is 23.5 Å². The van der Waals surface area contributed by atoms with Crippen molar-refractivity contribution in [3.05, 3.63) is 0 Å². The zero-order valence-electron chi connectivity index (χ0n) is 9.77. The van der Waals surface area contributed by atoms with Crippen molar-refractivity contribution in [2.75, 3.05) is 13.1 Å². The molecular formula is C12H25N. The van der Waals surface area contributed by atoms with Gasteiger partial charge in [-0.1, -0.05) is 33.6 Å². The van der Waals surface area contributed by atoms with Crippen molar-refractivity contribution in [3.8, 4) is 0 Å². The lowest BCUT2D eigenvalue weighted by Crippen LogP contribution is -2.52. The van der Waals surface area contributed by atoms with E-state index in [9.17, 15) is 0 Å². The molecule has 78 valence electrons. The van der Waals surface area contributed by atoms with Gasteiger partial charge in [0.2, 0.25) is 0 Å². The smallest absolute Gasteiger partial charge is 0.0206 e. The van der Waals surface area contributed by atoms with E-state index in [2.05, 4.69) is 32.6 Å². The molecule has 0 aromatic rings. The first-order chi connectivity index (χ1) is 6.15. The molecule has 13 heavy (non-hydrogen) atoms. The molecule has 0 aromatic heterocycles. The SMILES string of the molecule is CCN(CC)C1(C)CCCCC1C. The predicted octanol–water partition coefficient (Wildman–Crippen LogP) is 3.30. The van der Waals surface area contributed by atoms with Crippen LogP contribution in [0.2, 0.25) is 0 Å². The van der Waals surface area contributed by atoms with Gasteiger partial charge in [0.25, 0.3) is 0 Å². The molecule has 0 aliphatic heterocycles. The van der Waals surface area contributed by atoms with Crippen LogP contribution in [0.15, 0.2) is 0 Å². The summed E-state index contributed by atoms with van der Waals surface area (Å²) in [5.41, 5.74) is 0.488.